The number of ether oxygens (including phenoxy) is 3. The van der Waals surface area contributed by atoms with E-state index in [-0.39, 0.29) is 28.1 Å². The molecule has 0 fully saturated rings. The average molecular weight is 404 g/mol. The number of carbonyl (C=O) groups excluding carboxylic acids is 4. The number of hydrogen-bond acceptors (Lipinski definition) is 8. The molecule has 0 saturated carbocycles. The van der Waals surface area contributed by atoms with Gasteiger partial charge >= 0.3 is 17.9 Å². The van der Waals surface area contributed by atoms with Crippen LogP contribution in [0.25, 0.3) is 0 Å². The van der Waals surface area contributed by atoms with Gasteiger partial charge in [-0.05, 0) is 36.4 Å². The first-order valence-electron chi connectivity index (χ1n) is 8.09. The van der Waals surface area contributed by atoms with Gasteiger partial charge in [-0.15, -0.1) is 0 Å². The summed E-state index contributed by atoms with van der Waals surface area (Å²) in [5.74, 6) is -3.76. The molecule has 10 heteroatoms. The van der Waals surface area contributed by atoms with Crippen molar-refractivity contribution in [3.63, 3.8) is 0 Å². The van der Waals surface area contributed by atoms with E-state index in [0.717, 1.165) is 32.4 Å². The fourth-order valence-electron chi connectivity index (χ4n) is 2.30. The summed E-state index contributed by atoms with van der Waals surface area (Å²) >= 11 is 0. The first kappa shape index (κ1) is 21.4. The van der Waals surface area contributed by atoms with Gasteiger partial charge in [-0.1, -0.05) is 0 Å². The second kappa shape index (κ2) is 9.31. The Bertz CT molecular complexity index is 941. The molecular weight excluding hydrogens is 387 g/mol. The molecule has 2 rings (SSSR count). The van der Waals surface area contributed by atoms with Crippen LogP contribution in [0.2, 0.25) is 0 Å². The van der Waals surface area contributed by atoms with Crippen LogP contribution >= 0.6 is 0 Å². The summed E-state index contributed by atoms with van der Waals surface area (Å²) in [4.78, 5) is 47.5. The summed E-state index contributed by atoms with van der Waals surface area (Å²) in [7, 11) is 2.32. The van der Waals surface area contributed by atoms with E-state index >= 15 is 0 Å². The van der Waals surface area contributed by atoms with Gasteiger partial charge in [0.05, 0.1) is 30.9 Å². The van der Waals surface area contributed by atoms with E-state index in [1.165, 1.54) is 18.2 Å². The molecule has 0 bridgehead atoms. The maximum Gasteiger partial charge on any atom is 0.340 e. The highest BCUT2D eigenvalue weighted by Crippen LogP contribution is 2.18. The minimum absolute atomic E-state index is 0.00165. The Labute approximate surface area is 164 Å². The topological polar surface area (TPSA) is 134 Å². The van der Waals surface area contributed by atoms with Gasteiger partial charge in [0.15, 0.2) is 6.61 Å². The molecule has 2 aromatic rings. The van der Waals surface area contributed by atoms with Crippen LogP contribution in [-0.4, -0.2) is 44.6 Å². The number of nitrogens with two attached hydrogens (primary N) is 1. The van der Waals surface area contributed by atoms with Crippen LogP contribution in [-0.2, 0) is 19.0 Å². The van der Waals surface area contributed by atoms with Gasteiger partial charge in [0.25, 0.3) is 5.91 Å². The number of benzene rings is 2. The zero-order chi connectivity index (χ0) is 21.6. The molecule has 0 atom stereocenters. The van der Waals surface area contributed by atoms with Crippen molar-refractivity contribution in [1.82, 2.24) is 0 Å². The van der Waals surface area contributed by atoms with Crippen molar-refractivity contribution in [2.75, 3.05) is 31.9 Å². The summed E-state index contributed by atoms with van der Waals surface area (Å²) in [6.07, 6.45) is 0. The number of methoxy groups -OCH3 is 2. The number of anilines is 2. The van der Waals surface area contributed by atoms with Crippen LogP contribution in [0.4, 0.5) is 15.8 Å². The number of rotatable bonds is 6. The molecule has 9 nitrogen and oxygen atoms in total. The maximum atomic E-state index is 13.0. The Morgan fingerprint density at radius 1 is 0.931 bits per heavy atom. The number of amides is 1. The Kier molecular flexibility index (Phi) is 6.85. The molecule has 0 aliphatic rings. The van der Waals surface area contributed by atoms with E-state index in [1.54, 1.807) is 0 Å². The second-order valence-electron chi connectivity index (χ2n) is 5.64. The highest BCUT2D eigenvalue weighted by molar-refractivity contribution is 6.01. The third-order valence-electron chi connectivity index (χ3n) is 3.63. The van der Waals surface area contributed by atoms with Crippen molar-refractivity contribution in [3.8, 4) is 0 Å². The largest absolute Gasteiger partial charge is 0.465 e. The van der Waals surface area contributed by atoms with Crippen molar-refractivity contribution in [2.24, 2.45) is 0 Å². The Morgan fingerprint density at radius 3 is 2.03 bits per heavy atom. The molecule has 0 aliphatic carbocycles. The molecule has 0 aromatic heterocycles. The molecule has 0 radical (unpaired) electrons. The molecule has 3 N–H and O–H groups in total. The summed E-state index contributed by atoms with van der Waals surface area (Å²) in [5.41, 5.74) is 5.39. The normalized spacial score (nSPS) is 10.0. The van der Waals surface area contributed by atoms with Crippen molar-refractivity contribution in [2.45, 2.75) is 0 Å². The number of halogens is 1. The van der Waals surface area contributed by atoms with Gasteiger partial charge in [-0.3, -0.25) is 4.79 Å². The highest BCUT2D eigenvalue weighted by Gasteiger charge is 2.17. The van der Waals surface area contributed by atoms with E-state index in [0.29, 0.717) is 0 Å². The van der Waals surface area contributed by atoms with Gasteiger partial charge in [0.2, 0.25) is 0 Å². The fourth-order valence-corrected chi connectivity index (χ4v) is 2.30. The summed E-state index contributed by atoms with van der Waals surface area (Å²) in [5, 5.41) is 2.39. The Morgan fingerprint density at radius 2 is 1.52 bits per heavy atom. The summed E-state index contributed by atoms with van der Waals surface area (Å²) < 4.78 is 27.1. The number of esters is 3. The zero-order valence-corrected chi connectivity index (χ0v) is 15.5. The van der Waals surface area contributed by atoms with Gasteiger partial charge < -0.3 is 25.3 Å². The monoisotopic (exact) mass is 404 g/mol. The third kappa shape index (κ3) is 5.51. The van der Waals surface area contributed by atoms with Crippen LogP contribution in [0.5, 0.6) is 0 Å². The van der Waals surface area contributed by atoms with Gasteiger partial charge in [-0.2, -0.15) is 0 Å². The molecule has 2 aromatic carbocycles. The second-order valence-corrected chi connectivity index (χ2v) is 5.64. The Hall–Kier alpha value is -3.95. The average Bonchev–Trinajstić information content (AvgIpc) is 2.70. The quantitative estimate of drug-likeness (QED) is 0.423. The van der Waals surface area contributed by atoms with Crippen LogP contribution < -0.4 is 11.1 Å². The summed E-state index contributed by atoms with van der Waals surface area (Å²) in [6.45, 7) is -0.689. The first-order chi connectivity index (χ1) is 13.7. The lowest BCUT2D eigenvalue weighted by Crippen LogP contribution is -2.22. The van der Waals surface area contributed by atoms with Crippen LogP contribution in [0, 0.1) is 5.82 Å². The predicted molar refractivity (Wildman–Crippen MR) is 98.8 cm³/mol. The lowest BCUT2D eigenvalue weighted by atomic mass is 10.1. The SMILES string of the molecule is COC(=O)c1cc(NC(=O)COC(=O)c2ccc(F)cc2N)cc(C(=O)OC)c1. The third-order valence-corrected chi connectivity index (χ3v) is 3.63. The molecule has 0 heterocycles. The van der Waals surface area contributed by atoms with Crippen molar-refractivity contribution >= 4 is 35.2 Å². The standard InChI is InChI=1S/C19H17FN2O7/c1-27-17(24)10-5-11(18(25)28-2)7-13(6-10)22-16(23)9-29-19(26)14-4-3-12(20)8-15(14)21/h3-8H,9,21H2,1-2H3,(H,22,23). The smallest absolute Gasteiger partial charge is 0.340 e. The van der Waals surface area contributed by atoms with E-state index < -0.39 is 36.2 Å². The van der Waals surface area contributed by atoms with E-state index in [9.17, 15) is 23.6 Å². The lowest BCUT2D eigenvalue weighted by Gasteiger charge is -2.10. The number of hydrogen-bond donors (Lipinski definition) is 2. The molecule has 1 amide bonds. The van der Waals surface area contributed by atoms with E-state index in [4.69, 9.17) is 10.5 Å². The fraction of sp³-hybridized carbons (Fsp3) is 0.158. The first-order valence-corrected chi connectivity index (χ1v) is 8.09. The molecule has 0 unspecified atom stereocenters. The minimum Gasteiger partial charge on any atom is -0.465 e. The van der Waals surface area contributed by atoms with Crippen molar-refractivity contribution in [1.29, 1.82) is 0 Å². The van der Waals surface area contributed by atoms with Crippen LogP contribution in [0.15, 0.2) is 36.4 Å². The van der Waals surface area contributed by atoms with Crippen LogP contribution in [0.3, 0.4) is 0 Å². The molecule has 0 aliphatic heterocycles. The maximum absolute atomic E-state index is 13.0. The predicted octanol–water partition coefficient (Wildman–Crippen LogP) is 1.78. The van der Waals surface area contributed by atoms with Crippen molar-refractivity contribution < 1.29 is 37.8 Å². The van der Waals surface area contributed by atoms with Crippen LogP contribution in [0.1, 0.15) is 31.1 Å². The van der Waals surface area contributed by atoms with E-state index in [2.05, 4.69) is 14.8 Å². The van der Waals surface area contributed by atoms with E-state index in [1.807, 2.05) is 0 Å². The Balaban J connectivity index is 2.10. The van der Waals surface area contributed by atoms with Gasteiger partial charge in [-0.25, -0.2) is 18.8 Å². The highest BCUT2D eigenvalue weighted by atomic mass is 19.1. The number of nitrogens with one attached hydrogen (secondary N) is 1. The number of nitrogen functional groups attached to an aromatic ring is 1. The molecular formula is C19H17FN2O7. The number of carbonyl (C=O) groups is 4. The van der Waals surface area contributed by atoms with Gasteiger partial charge in [0.1, 0.15) is 5.82 Å². The molecule has 29 heavy (non-hydrogen) atoms. The summed E-state index contributed by atoms with van der Waals surface area (Å²) in [6, 6.07) is 6.90. The molecule has 152 valence electrons. The van der Waals surface area contributed by atoms with Crippen molar-refractivity contribution in [3.05, 3.63) is 58.9 Å². The minimum atomic E-state index is -0.920. The molecule has 0 spiro atoms. The zero-order valence-electron chi connectivity index (χ0n) is 15.5. The lowest BCUT2D eigenvalue weighted by molar-refractivity contribution is -0.119. The van der Waals surface area contributed by atoms with Gasteiger partial charge in [0, 0.05) is 11.4 Å². The molecule has 0 saturated heterocycles.